The number of hydrogen-bond acceptors (Lipinski definition) is 6. The monoisotopic (exact) mass is 361 g/mol. The smallest absolute Gasteiger partial charge is 0.438 e. The number of ether oxygens (including phenoxy) is 1. The fourth-order valence-corrected chi connectivity index (χ4v) is 2.29. The molecule has 2 atom stereocenters. The summed E-state index contributed by atoms with van der Waals surface area (Å²) in [6, 6.07) is 5.10. The number of nitro groups is 1. The molecule has 0 saturated carbocycles. The Morgan fingerprint density at radius 3 is 2.64 bits per heavy atom. The molecule has 1 heterocycles. The highest BCUT2D eigenvalue weighted by atomic mass is 19.4. The predicted molar refractivity (Wildman–Crippen MR) is 78.8 cm³/mol. The van der Waals surface area contributed by atoms with Gasteiger partial charge < -0.3 is 9.84 Å². The summed E-state index contributed by atoms with van der Waals surface area (Å²) in [6.07, 6.45) is -7.58. The van der Waals surface area contributed by atoms with Crippen LogP contribution in [-0.2, 0) is 4.79 Å². The number of carbonyl (C=O) groups is 1. The van der Waals surface area contributed by atoms with Crippen molar-refractivity contribution in [2.45, 2.75) is 38.3 Å². The van der Waals surface area contributed by atoms with E-state index in [-0.39, 0.29) is 16.5 Å². The highest BCUT2D eigenvalue weighted by molar-refractivity contribution is 5.90. The van der Waals surface area contributed by atoms with Gasteiger partial charge in [-0.3, -0.25) is 14.9 Å². The number of alkyl halides is 3. The van der Waals surface area contributed by atoms with Crippen LogP contribution >= 0.6 is 0 Å². The minimum absolute atomic E-state index is 0.0816. The lowest BCUT2D eigenvalue weighted by Crippen LogP contribution is -2.58. The van der Waals surface area contributed by atoms with E-state index in [0.717, 1.165) is 13.0 Å². The lowest BCUT2D eigenvalue weighted by Gasteiger charge is -2.33. The number of halogens is 3. The number of hydrogen-bond donors (Lipinski definition) is 1. The zero-order valence-electron chi connectivity index (χ0n) is 13.1. The zero-order valence-corrected chi connectivity index (χ0v) is 13.1. The summed E-state index contributed by atoms with van der Waals surface area (Å²) < 4.78 is 44.6. The summed E-state index contributed by atoms with van der Waals surface area (Å²) in [5, 5.41) is 24.2. The summed E-state index contributed by atoms with van der Waals surface area (Å²) in [5.74, 6) is -1.57. The molecular weight excluding hydrogens is 347 g/mol. The van der Waals surface area contributed by atoms with Crippen LogP contribution in [0.5, 0.6) is 5.75 Å². The Morgan fingerprint density at radius 2 is 2.08 bits per heavy atom. The standard InChI is InChI=1S/C14H14F3N3O5/c1-8-7-13(22,14(15,16)17)19(18-8)12(21)9(2)25-11-6-4-3-5-10(11)20(23)24/h3-6,9,22H,7H2,1-2H3/t9-,13+/m0/s1. The Hall–Kier alpha value is -2.69. The molecule has 1 aromatic rings. The fourth-order valence-electron chi connectivity index (χ4n) is 2.29. The Bertz CT molecular complexity index is 737. The number of amides is 1. The summed E-state index contributed by atoms with van der Waals surface area (Å²) >= 11 is 0. The van der Waals surface area contributed by atoms with Gasteiger partial charge in [-0.05, 0) is 19.9 Å². The number of rotatable bonds is 4. The van der Waals surface area contributed by atoms with Crippen LogP contribution < -0.4 is 4.74 Å². The highest BCUT2D eigenvalue weighted by Gasteiger charge is 2.63. The topological polar surface area (TPSA) is 105 Å². The van der Waals surface area contributed by atoms with Crippen molar-refractivity contribution in [2.75, 3.05) is 0 Å². The van der Waals surface area contributed by atoms with Crippen LogP contribution in [0.25, 0.3) is 0 Å². The van der Waals surface area contributed by atoms with E-state index in [1.807, 2.05) is 0 Å². The minimum atomic E-state index is -5.14. The third-order valence-corrected chi connectivity index (χ3v) is 3.50. The number of aliphatic hydroxyl groups is 1. The molecule has 0 unspecified atom stereocenters. The molecule has 1 aliphatic rings. The minimum Gasteiger partial charge on any atom is -0.474 e. The van der Waals surface area contributed by atoms with Gasteiger partial charge >= 0.3 is 11.9 Å². The maximum Gasteiger partial charge on any atom is 0.438 e. The van der Waals surface area contributed by atoms with Crippen LogP contribution in [0.4, 0.5) is 18.9 Å². The van der Waals surface area contributed by atoms with Crippen LogP contribution in [-0.4, -0.2) is 44.7 Å². The molecule has 136 valence electrons. The molecule has 1 N–H and O–H groups in total. The number of benzene rings is 1. The van der Waals surface area contributed by atoms with Crippen LogP contribution in [0.1, 0.15) is 20.3 Å². The molecule has 0 fully saturated rings. The van der Waals surface area contributed by atoms with Gasteiger partial charge in [0, 0.05) is 18.2 Å². The van der Waals surface area contributed by atoms with Gasteiger partial charge in [-0.1, -0.05) is 12.1 Å². The summed E-state index contributed by atoms with van der Waals surface area (Å²) in [5.41, 5.74) is -4.02. The summed E-state index contributed by atoms with van der Waals surface area (Å²) in [7, 11) is 0. The molecule has 0 bridgehead atoms. The average Bonchev–Trinajstić information content (AvgIpc) is 2.82. The second-order valence-corrected chi connectivity index (χ2v) is 5.46. The summed E-state index contributed by atoms with van der Waals surface area (Å²) in [6.45, 7) is 2.34. The van der Waals surface area contributed by atoms with Gasteiger partial charge in [0.2, 0.25) is 0 Å². The van der Waals surface area contributed by atoms with Crippen molar-refractivity contribution in [1.82, 2.24) is 5.01 Å². The number of carbonyl (C=O) groups excluding carboxylic acids is 1. The molecule has 1 aromatic carbocycles. The third kappa shape index (κ3) is 3.40. The van der Waals surface area contributed by atoms with E-state index in [9.17, 15) is 33.2 Å². The van der Waals surface area contributed by atoms with Crippen LogP contribution in [0, 0.1) is 10.1 Å². The second-order valence-electron chi connectivity index (χ2n) is 5.46. The Labute approximate surface area is 139 Å². The van der Waals surface area contributed by atoms with Crippen LogP contribution in [0.15, 0.2) is 29.4 Å². The SMILES string of the molecule is CC1=NN(C(=O)[C@H](C)Oc2ccccc2[N+](=O)[O-])[C@](O)(C(F)(F)F)C1. The first-order chi connectivity index (χ1) is 11.5. The van der Waals surface area contributed by atoms with E-state index < -0.39 is 40.9 Å². The van der Waals surface area contributed by atoms with E-state index in [0.29, 0.717) is 0 Å². The summed E-state index contributed by atoms with van der Waals surface area (Å²) in [4.78, 5) is 22.5. The largest absolute Gasteiger partial charge is 0.474 e. The molecule has 1 aliphatic heterocycles. The number of para-hydroxylation sites is 2. The van der Waals surface area contributed by atoms with Gasteiger partial charge in [-0.2, -0.15) is 23.3 Å². The quantitative estimate of drug-likeness (QED) is 0.654. The maximum absolute atomic E-state index is 13.1. The molecule has 25 heavy (non-hydrogen) atoms. The maximum atomic E-state index is 13.1. The predicted octanol–water partition coefficient (Wildman–Crippen LogP) is 2.22. The lowest BCUT2D eigenvalue weighted by atomic mass is 10.1. The number of hydrazone groups is 1. The fraction of sp³-hybridized carbons (Fsp3) is 0.429. The molecular formula is C14H14F3N3O5. The van der Waals surface area contributed by atoms with E-state index in [2.05, 4.69) is 5.10 Å². The van der Waals surface area contributed by atoms with Crippen molar-refractivity contribution in [3.05, 3.63) is 34.4 Å². The van der Waals surface area contributed by atoms with Crippen molar-refractivity contribution < 1.29 is 32.7 Å². The lowest BCUT2D eigenvalue weighted by molar-refractivity contribution is -0.386. The molecule has 0 saturated heterocycles. The molecule has 0 aliphatic carbocycles. The molecule has 0 spiro atoms. The van der Waals surface area contributed by atoms with Gasteiger partial charge in [-0.25, -0.2) is 0 Å². The van der Waals surface area contributed by atoms with E-state index in [4.69, 9.17) is 4.74 Å². The van der Waals surface area contributed by atoms with Gasteiger partial charge in [-0.15, -0.1) is 0 Å². The van der Waals surface area contributed by atoms with Crippen molar-refractivity contribution >= 4 is 17.3 Å². The van der Waals surface area contributed by atoms with Gasteiger partial charge in [0.1, 0.15) is 0 Å². The van der Waals surface area contributed by atoms with Gasteiger partial charge in [0.05, 0.1) is 4.92 Å². The number of nitro benzene ring substituents is 1. The van der Waals surface area contributed by atoms with Crippen molar-refractivity contribution in [2.24, 2.45) is 5.10 Å². The molecule has 1 amide bonds. The molecule has 0 aromatic heterocycles. The van der Waals surface area contributed by atoms with Crippen molar-refractivity contribution in [3.63, 3.8) is 0 Å². The normalized spacial score (nSPS) is 21.7. The Kier molecular flexibility index (Phi) is 4.71. The zero-order chi connectivity index (χ0) is 19.0. The second kappa shape index (κ2) is 6.31. The van der Waals surface area contributed by atoms with Crippen LogP contribution in [0.2, 0.25) is 0 Å². The first-order valence-corrected chi connectivity index (χ1v) is 7.04. The van der Waals surface area contributed by atoms with Crippen molar-refractivity contribution in [1.29, 1.82) is 0 Å². The van der Waals surface area contributed by atoms with E-state index in [1.54, 1.807) is 0 Å². The number of nitrogens with zero attached hydrogens (tertiary/aromatic N) is 3. The van der Waals surface area contributed by atoms with E-state index >= 15 is 0 Å². The first-order valence-electron chi connectivity index (χ1n) is 7.04. The van der Waals surface area contributed by atoms with Gasteiger partial charge in [0.15, 0.2) is 11.9 Å². The Balaban J connectivity index is 2.27. The van der Waals surface area contributed by atoms with Crippen molar-refractivity contribution in [3.8, 4) is 5.75 Å². The first kappa shape index (κ1) is 18.6. The molecule has 2 rings (SSSR count). The molecule has 8 nitrogen and oxygen atoms in total. The Morgan fingerprint density at radius 1 is 1.48 bits per heavy atom. The van der Waals surface area contributed by atoms with E-state index in [1.165, 1.54) is 25.1 Å². The van der Waals surface area contributed by atoms with Gasteiger partial charge in [0.25, 0.3) is 11.6 Å². The molecule has 0 radical (unpaired) electrons. The van der Waals surface area contributed by atoms with Crippen LogP contribution in [0.3, 0.4) is 0 Å². The third-order valence-electron chi connectivity index (χ3n) is 3.50. The average molecular weight is 361 g/mol. The highest BCUT2D eigenvalue weighted by Crippen LogP contribution is 2.40. The molecule has 11 heteroatoms.